The lowest BCUT2D eigenvalue weighted by molar-refractivity contribution is -0.124. The molecule has 4 N–H and O–H groups in total. The van der Waals surface area contributed by atoms with Crippen molar-refractivity contribution in [1.82, 2.24) is 4.90 Å². The van der Waals surface area contributed by atoms with E-state index < -0.39 is 11.7 Å². The topological polar surface area (TPSA) is 82.2 Å². The van der Waals surface area contributed by atoms with E-state index in [0.717, 1.165) is 11.3 Å². The number of halogens is 1. The minimum atomic E-state index is -0.622. The van der Waals surface area contributed by atoms with Gasteiger partial charge in [-0.1, -0.05) is 30.3 Å². The van der Waals surface area contributed by atoms with Crippen LogP contribution in [-0.2, 0) is 11.3 Å². The third-order valence-electron chi connectivity index (χ3n) is 3.90. The largest absolute Gasteiger partial charge is 0.396 e. The van der Waals surface area contributed by atoms with Gasteiger partial charge in [0.15, 0.2) is 0 Å². The summed E-state index contributed by atoms with van der Waals surface area (Å²) in [4.78, 5) is 14.2. The molecule has 5 nitrogen and oxygen atoms in total. The molecule has 0 radical (unpaired) electrons. The summed E-state index contributed by atoms with van der Waals surface area (Å²) in [5.74, 6) is -1.08. The summed E-state index contributed by atoms with van der Waals surface area (Å²) in [6, 6.07) is 11.9. The Hall–Kier alpha value is -2.89. The van der Waals surface area contributed by atoms with Gasteiger partial charge in [0.1, 0.15) is 11.5 Å². The maximum Gasteiger partial charge on any atom is 0.272 e. The zero-order valence-electron chi connectivity index (χ0n) is 12.5. The number of para-hydroxylation sites is 2. The first kappa shape index (κ1) is 15.0. The molecule has 1 aliphatic rings. The number of nitrogens with one attached hydrogen (secondary N) is 2. The van der Waals surface area contributed by atoms with Crippen LogP contribution in [0.5, 0.6) is 0 Å². The molecule has 0 bridgehead atoms. The molecule has 118 valence electrons. The molecule has 0 fully saturated rings. The molecule has 0 aliphatic carbocycles. The van der Waals surface area contributed by atoms with Gasteiger partial charge in [0, 0.05) is 30.9 Å². The van der Waals surface area contributed by atoms with Crippen LogP contribution in [0.3, 0.4) is 0 Å². The minimum absolute atomic E-state index is 0.125. The number of carbonyl (C=O) groups excluding carboxylic acids is 1. The van der Waals surface area contributed by atoms with E-state index in [4.69, 9.17) is 11.1 Å². The van der Waals surface area contributed by atoms with Crippen LogP contribution in [0.25, 0.3) is 0 Å². The number of nitrogens with two attached hydrogens (primary N) is 1. The van der Waals surface area contributed by atoms with Crippen LogP contribution in [-0.4, -0.2) is 29.6 Å². The number of nitrogens with zero attached hydrogens (tertiary/aromatic N) is 1. The van der Waals surface area contributed by atoms with E-state index in [-0.39, 0.29) is 17.0 Å². The number of hydrogen-bond acceptors (Lipinski definition) is 4. The molecule has 0 unspecified atom stereocenters. The van der Waals surface area contributed by atoms with Gasteiger partial charge in [-0.05, 0) is 17.7 Å². The summed E-state index contributed by atoms with van der Waals surface area (Å²) in [6.07, 6.45) is 0. The number of fused-ring (bicyclic) bond motifs is 1. The standard InChI is InChI=1S/C17H17FN4O/c18-13-6-3-5-12(15(13)19)16(20)17(23)22-9-8-21-14-7-2-1-4-11(14)10-22/h1-7,20-21H,8-10,19H2. The first-order chi connectivity index (χ1) is 11.1. The predicted molar refractivity (Wildman–Crippen MR) is 88.0 cm³/mol. The molecule has 23 heavy (non-hydrogen) atoms. The number of nitrogen functional groups attached to an aromatic ring is 1. The highest BCUT2D eigenvalue weighted by Crippen LogP contribution is 2.22. The highest BCUT2D eigenvalue weighted by Gasteiger charge is 2.24. The molecule has 1 amide bonds. The van der Waals surface area contributed by atoms with Crippen molar-refractivity contribution in [3.05, 3.63) is 59.4 Å². The van der Waals surface area contributed by atoms with Crippen molar-refractivity contribution in [3.63, 3.8) is 0 Å². The smallest absolute Gasteiger partial charge is 0.272 e. The van der Waals surface area contributed by atoms with Crippen LogP contribution in [0.15, 0.2) is 42.5 Å². The second kappa shape index (κ2) is 6.08. The second-order valence-electron chi connectivity index (χ2n) is 5.39. The summed E-state index contributed by atoms with van der Waals surface area (Å²) in [6.45, 7) is 1.46. The van der Waals surface area contributed by atoms with Gasteiger partial charge in [-0.25, -0.2) is 4.39 Å². The number of carbonyl (C=O) groups is 1. The molecule has 3 rings (SSSR count). The Morgan fingerprint density at radius 1 is 1.22 bits per heavy atom. The Kier molecular flexibility index (Phi) is 3.97. The Morgan fingerprint density at radius 3 is 2.83 bits per heavy atom. The average Bonchev–Trinajstić information content (AvgIpc) is 2.78. The maximum absolute atomic E-state index is 13.6. The third kappa shape index (κ3) is 2.88. The maximum atomic E-state index is 13.6. The number of benzene rings is 2. The molecule has 2 aromatic carbocycles. The van der Waals surface area contributed by atoms with Crippen LogP contribution < -0.4 is 11.1 Å². The number of hydrogen-bond donors (Lipinski definition) is 3. The van der Waals surface area contributed by atoms with Crippen molar-refractivity contribution in [2.45, 2.75) is 6.54 Å². The summed E-state index contributed by atoms with van der Waals surface area (Å²) in [5, 5.41) is 11.4. The minimum Gasteiger partial charge on any atom is -0.396 e. The Bertz CT molecular complexity index is 775. The summed E-state index contributed by atoms with van der Waals surface area (Å²) in [7, 11) is 0. The Balaban J connectivity index is 1.85. The molecule has 1 heterocycles. The molecule has 0 atom stereocenters. The van der Waals surface area contributed by atoms with E-state index in [9.17, 15) is 9.18 Å². The van der Waals surface area contributed by atoms with Gasteiger partial charge in [-0.3, -0.25) is 10.2 Å². The lowest BCUT2D eigenvalue weighted by Gasteiger charge is -2.21. The van der Waals surface area contributed by atoms with Crippen molar-refractivity contribution in [1.29, 1.82) is 5.41 Å². The second-order valence-corrected chi connectivity index (χ2v) is 5.39. The molecule has 2 aromatic rings. The number of amides is 1. The van der Waals surface area contributed by atoms with Crippen molar-refractivity contribution in [2.24, 2.45) is 0 Å². The summed E-state index contributed by atoms with van der Waals surface area (Å²) >= 11 is 0. The van der Waals surface area contributed by atoms with Crippen LogP contribution in [0.1, 0.15) is 11.1 Å². The van der Waals surface area contributed by atoms with E-state index in [1.165, 1.54) is 18.2 Å². The van der Waals surface area contributed by atoms with Crippen LogP contribution in [0.4, 0.5) is 15.8 Å². The lowest BCUT2D eigenvalue weighted by atomic mass is 10.1. The fourth-order valence-electron chi connectivity index (χ4n) is 2.64. The van der Waals surface area contributed by atoms with Gasteiger partial charge in [0.2, 0.25) is 0 Å². The Labute approximate surface area is 133 Å². The monoisotopic (exact) mass is 312 g/mol. The Morgan fingerprint density at radius 2 is 2.00 bits per heavy atom. The fraction of sp³-hybridized carbons (Fsp3) is 0.176. The zero-order chi connectivity index (χ0) is 16.4. The van der Waals surface area contributed by atoms with Gasteiger partial charge in [-0.15, -0.1) is 0 Å². The van der Waals surface area contributed by atoms with E-state index in [1.807, 2.05) is 24.3 Å². The van der Waals surface area contributed by atoms with E-state index in [0.29, 0.717) is 19.6 Å². The predicted octanol–water partition coefficient (Wildman–Crippen LogP) is 2.23. The molecule has 0 spiro atoms. The highest BCUT2D eigenvalue weighted by atomic mass is 19.1. The van der Waals surface area contributed by atoms with Crippen LogP contribution >= 0.6 is 0 Å². The van der Waals surface area contributed by atoms with Crippen LogP contribution in [0.2, 0.25) is 0 Å². The van der Waals surface area contributed by atoms with Crippen molar-refractivity contribution < 1.29 is 9.18 Å². The summed E-state index contributed by atoms with van der Waals surface area (Å²) in [5.41, 5.74) is 7.30. The van der Waals surface area contributed by atoms with E-state index in [1.54, 1.807) is 4.90 Å². The molecule has 0 saturated heterocycles. The third-order valence-corrected chi connectivity index (χ3v) is 3.90. The molecule has 6 heteroatoms. The lowest BCUT2D eigenvalue weighted by Crippen LogP contribution is -2.38. The van der Waals surface area contributed by atoms with Gasteiger partial charge >= 0.3 is 0 Å². The quantitative estimate of drug-likeness (QED) is 0.587. The van der Waals surface area contributed by atoms with Gasteiger partial charge < -0.3 is 16.0 Å². The van der Waals surface area contributed by atoms with Gasteiger partial charge in [0.25, 0.3) is 5.91 Å². The number of anilines is 2. The number of rotatable bonds is 2. The highest BCUT2D eigenvalue weighted by molar-refractivity contribution is 6.45. The van der Waals surface area contributed by atoms with E-state index >= 15 is 0 Å². The molecule has 0 saturated carbocycles. The first-order valence-corrected chi connectivity index (χ1v) is 7.32. The molecular weight excluding hydrogens is 295 g/mol. The van der Waals surface area contributed by atoms with E-state index in [2.05, 4.69) is 5.32 Å². The van der Waals surface area contributed by atoms with Crippen molar-refractivity contribution >= 4 is 23.0 Å². The molecular formula is C17H17FN4O. The zero-order valence-corrected chi connectivity index (χ0v) is 12.5. The van der Waals surface area contributed by atoms with Crippen molar-refractivity contribution in [2.75, 3.05) is 24.1 Å². The average molecular weight is 312 g/mol. The summed E-state index contributed by atoms with van der Waals surface area (Å²) < 4.78 is 13.6. The van der Waals surface area contributed by atoms with Crippen molar-refractivity contribution in [3.8, 4) is 0 Å². The molecule has 1 aliphatic heterocycles. The van der Waals surface area contributed by atoms with Gasteiger partial charge in [-0.2, -0.15) is 0 Å². The van der Waals surface area contributed by atoms with Crippen LogP contribution in [0, 0.1) is 11.2 Å². The normalized spacial score (nSPS) is 13.7. The SMILES string of the molecule is N=C(C(=O)N1CCNc2ccccc2C1)c1cccc(F)c1N. The molecule has 0 aromatic heterocycles. The first-order valence-electron chi connectivity index (χ1n) is 7.32. The fourth-order valence-corrected chi connectivity index (χ4v) is 2.64. The van der Waals surface area contributed by atoms with Gasteiger partial charge in [0.05, 0.1) is 5.69 Å².